The Balaban J connectivity index is 2.01. The van der Waals surface area contributed by atoms with Crippen molar-refractivity contribution in [1.29, 1.82) is 0 Å². The van der Waals surface area contributed by atoms with Gasteiger partial charge in [-0.15, -0.1) is 0 Å². The molecule has 2 heterocycles. The van der Waals surface area contributed by atoms with E-state index in [1.54, 1.807) is 0 Å². The molecule has 2 saturated heterocycles. The van der Waals surface area contributed by atoms with Crippen molar-refractivity contribution in [2.45, 2.75) is 18.9 Å². The van der Waals surface area contributed by atoms with Gasteiger partial charge in [0.25, 0.3) is 0 Å². The number of nitrogens with zero attached hydrogens (tertiary/aromatic N) is 2. The number of likely N-dealkylation sites (N-methyl/N-ethyl adjacent to an activating group) is 1. The SMILES string of the molecule is CN1CCC2CCN(S)CC21. The maximum atomic E-state index is 4.39. The molecule has 0 amide bonds. The Kier molecular flexibility index (Phi) is 2.12. The van der Waals surface area contributed by atoms with Gasteiger partial charge in [0.1, 0.15) is 0 Å². The third kappa shape index (κ3) is 1.42. The Morgan fingerprint density at radius 1 is 1.27 bits per heavy atom. The first kappa shape index (κ1) is 7.90. The van der Waals surface area contributed by atoms with E-state index in [9.17, 15) is 0 Å². The van der Waals surface area contributed by atoms with E-state index in [1.807, 2.05) is 0 Å². The minimum atomic E-state index is 0.793. The molecule has 0 N–H and O–H groups in total. The van der Waals surface area contributed by atoms with Crippen LogP contribution in [0, 0.1) is 5.92 Å². The van der Waals surface area contributed by atoms with Crippen LogP contribution < -0.4 is 0 Å². The molecule has 2 fully saturated rings. The second-order valence-corrected chi connectivity index (χ2v) is 4.36. The average molecular weight is 172 g/mol. The van der Waals surface area contributed by atoms with E-state index in [0.717, 1.165) is 18.5 Å². The Morgan fingerprint density at radius 2 is 2.00 bits per heavy atom. The van der Waals surface area contributed by atoms with Crippen LogP contribution in [0.25, 0.3) is 0 Å². The molecular formula is C8H16N2S. The Hall–Kier alpha value is 0.270. The van der Waals surface area contributed by atoms with Crippen molar-refractivity contribution in [3.05, 3.63) is 0 Å². The molecule has 0 aromatic rings. The fourth-order valence-corrected chi connectivity index (χ4v) is 2.62. The van der Waals surface area contributed by atoms with Crippen LogP contribution >= 0.6 is 12.8 Å². The summed E-state index contributed by atoms with van der Waals surface area (Å²) in [6.45, 7) is 3.62. The summed E-state index contributed by atoms with van der Waals surface area (Å²) in [5, 5.41) is 0. The van der Waals surface area contributed by atoms with Crippen molar-refractivity contribution in [3.8, 4) is 0 Å². The lowest BCUT2D eigenvalue weighted by Gasteiger charge is -2.34. The Bertz CT molecular complexity index is 151. The lowest BCUT2D eigenvalue weighted by atomic mass is 9.93. The molecule has 2 nitrogen and oxygen atoms in total. The van der Waals surface area contributed by atoms with Gasteiger partial charge in [0, 0.05) is 19.1 Å². The standard InChI is InChI=1S/C8H16N2S/c1-9-4-2-7-3-5-10(11)6-8(7)9/h7-8,11H,2-6H2,1H3. The molecule has 2 unspecified atom stereocenters. The fraction of sp³-hybridized carbons (Fsp3) is 1.00. The molecule has 0 bridgehead atoms. The summed E-state index contributed by atoms with van der Waals surface area (Å²) in [4.78, 5) is 2.48. The monoisotopic (exact) mass is 172 g/mol. The number of hydrogen-bond donors (Lipinski definition) is 1. The van der Waals surface area contributed by atoms with Crippen molar-refractivity contribution >= 4 is 12.8 Å². The fourth-order valence-electron chi connectivity index (χ4n) is 2.33. The Morgan fingerprint density at radius 3 is 2.82 bits per heavy atom. The normalized spacial score (nSPS) is 40.9. The minimum Gasteiger partial charge on any atom is -0.302 e. The summed E-state index contributed by atoms with van der Waals surface area (Å²) < 4.78 is 2.16. The summed E-state index contributed by atoms with van der Waals surface area (Å²) >= 11 is 4.39. The average Bonchev–Trinajstić information content (AvgIpc) is 2.33. The molecule has 0 radical (unpaired) electrons. The van der Waals surface area contributed by atoms with E-state index < -0.39 is 0 Å². The lowest BCUT2D eigenvalue weighted by molar-refractivity contribution is 0.184. The van der Waals surface area contributed by atoms with Crippen LogP contribution in [0.3, 0.4) is 0 Å². The van der Waals surface area contributed by atoms with Crippen LogP contribution in [0.15, 0.2) is 0 Å². The summed E-state index contributed by atoms with van der Waals surface area (Å²) in [6, 6.07) is 0.793. The summed E-state index contributed by atoms with van der Waals surface area (Å²) in [7, 11) is 2.23. The molecule has 0 aliphatic carbocycles. The molecule has 0 spiro atoms. The largest absolute Gasteiger partial charge is 0.302 e. The first-order valence-electron chi connectivity index (χ1n) is 4.41. The first-order valence-corrected chi connectivity index (χ1v) is 4.81. The van der Waals surface area contributed by atoms with Crippen molar-refractivity contribution < 1.29 is 0 Å². The van der Waals surface area contributed by atoms with Gasteiger partial charge in [-0.1, -0.05) is 12.8 Å². The van der Waals surface area contributed by atoms with Crippen LogP contribution in [0.1, 0.15) is 12.8 Å². The zero-order valence-electron chi connectivity index (χ0n) is 7.03. The van der Waals surface area contributed by atoms with Gasteiger partial charge in [0.15, 0.2) is 0 Å². The van der Waals surface area contributed by atoms with E-state index in [1.165, 1.54) is 25.9 Å². The molecule has 3 heteroatoms. The highest BCUT2D eigenvalue weighted by Gasteiger charge is 2.35. The Labute approximate surface area is 74.1 Å². The number of hydrogen-bond acceptors (Lipinski definition) is 3. The van der Waals surface area contributed by atoms with Crippen molar-refractivity contribution in [2.75, 3.05) is 26.7 Å². The molecule has 0 aromatic heterocycles. The van der Waals surface area contributed by atoms with Crippen molar-refractivity contribution in [3.63, 3.8) is 0 Å². The molecule has 2 aliphatic heterocycles. The predicted molar refractivity (Wildman–Crippen MR) is 49.7 cm³/mol. The highest BCUT2D eigenvalue weighted by Crippen LogP contribution is 2.30. The zero-order valence-corrected chi connectivity index (χ0v) is 7.93. The van der Waals surface area contributed by atoms with Gasteiger partial charge in [-0.25, -0.2) is 0 Å². The van der Waals surface area contributed by atoms with Crippen molar-refractivity contribution in [1.82, 2.24) is 9.21 Å². The highest BCUT2D eigenvalue weighted by molar-refractivity contribution is 7.77. The third-order valence-electron chi connectivity index (χ3n) is 3.12. The summed E-state index contributed by atoms with van der Waals surface area (Å²) in [6.07, 6.45) is 2.75. The molecule has 64 valence electrons. The van der Waals surface area contributed by atoms with Crippen LogP contribution in [0.5, 0.6) is 0 Å². The van der Waals surface area contributed by atoms with Gasteiger partial charge in [-0.3, -0.25) is 4.31 Å². The van der Waals surface area contributed by atoms with Gasteiger partial charge >= 0.3 is 0 Å². The van der Waals surface area contributed by atoms with Gasteiger partial charge in [0.05, 0.1) is 0 Å². The molecule has 2 atom stereocenters. The minimum absolute atomic E-state index is 0.793. The molecular weight excluding hydrogens is 156 g/mol. The third-order valence-corrected chi connectivity index (χ3v) is 3.48. The van der Waals surface area contributed by atoms with Gasteiger partial charge in [0.2, 0.25) is 0 Å². The van der Waals surface area contributed by atoms with E-state index in [0.29, 0.717) is 0 Å². The molecule has 11 heavy (non-hydrogen) atoms. The lowest BCUT2D eigenvalue weighted by Crippen LogP contribution is -2.43. The van der Waals surface area contributed by atoms with Crippen LogP contribution in [-0.4, -0.2) is 41.9 Å². The maximum absolute atomic E-state index is 4.39. The van der Waals surface area contributed by atoms with Crippen LogP contribution in [-0.2, 0) is 0 Å². The van der Waals surface area contributed by atoms with E-state index in [2.05, 4.69) is 29.1 Å². The van der Waals surface area contributed by atoms with Gasteiger partial charge < -0.3 is 4.90 Å². The topological polar surface area (TPSA) is 6.48 Å². The first-order chi connectivity index (χ1) is 5.27. The zero-order chi connectivity index (χ0) is 7.84. The number of thiol groups is 1. The summed E-state index contributed by atoms with van der Waals surface area (Å²) in [5.41, 5.74) is 0. The van der Waals surface area contributed by atoms with Crippen molar-refractivity contribution in [2.24, 2.45) is 5.92 Å². The van der Waals surface area contributed by atoms with Crippen LogP contribution in [0.2, 0.25) is 0 Å². The number of piperidine rings is 1. The van der Waals surface area contributed by atoms with E-state index in [-0.39, 0.29) is 0 Å². The molecule has 0 aromatic carbocycles. The van der Waals surface area contributed by atoms with Crippen LogP contribution in [0.4, 0.5) is 0 Å². The molecule has 2 rings (SSSR count). The second kappa shape index (κ2) is 2.96. The second-order valence-electron chi connectivity index (χ2n) is 3.80. The number of rotatable bonds is 0. The maximum Gasteiger partial charge on any atom is 0.0258 e. The van der Waals surface area contributed by atoms with Gasteiger partial charge in [-0.05, 0) is 32.4 Å². The molecule has 0 saturated carbocycles. The quantitative estimate of drug-likeness (QED) is 0.541. The predicted octanol–water partition coefficient (Wildman–Crippen LogP) is 0.857. The molecule has 2 aliphatic rings. The number of likely N-dealkylation sites (tertiary alicyclic amines) is 1. The van der Waals surface area contributed by atoms with E-state index in [4.69, 9.17) is 0 Å². The summed E-state index contributed by atoms with van der Waals surface area (Å²) in [5.74, 6) is 0.961. The smallest absolute Gasteiger partial charge is 0.0258 e. The van der Waals surface area contributed by atoms with Gasteiger partial charge in [-0.2, -0.15) is 0 Å². The van der Waals surface area contributed by atoms with E-state index >= 15 is 0 Å². The number of fused-ring (bicyclic) bond motifs is 1. The highest BCUT2D eigenvalue weighted by atomic mass is 32.1.